The minimum absolute atomic E-state index is 0.966. The lowest BCUT2D eigenvalue weighted by molar-refractivity contribution is 1.05. The Bertz CT molecular complexity index is 147. The molecule has 2 rings (SSSR count). The van der Waals surface area contributed by atoms with Crippen molar-refractivity contribution in [3.05, 3.63) is 23.8 Å². The van der Waals surface area contributed by atoms with Gasteiger partial charge >= 0.3 is 0 Å². The Balaban J connectivity index is 2.13. The largest absolute Gasteiger partial charge is 0.0805 e. The molecule has 42 valence electrons. The summed E-state index contributed by atoms with van der Waals surface area (Å²) in [5.41, 5.74) is 1.60. The van der Waals surface area contributed by atoms with Crippen molar-refractivity contribution in [3.8, 4) is 0 Å². The first-order valence-corrected chi connectivity index (χ1v) is 3.33. The Morgan fingerprint density at radius 1 is 1.38 bits per heavy atom. The third-order valence-corrected chi connectivity index (χ3v) is 1.85. The van der Waals surface area contributed by atoms with E-state index in [2.05, 4.69) is 18.2 Å². The van der Waals surface area contributed by atoms with E-state index in [1.807, 2.05) is 0 Å². The summed E-state index contributed by atoms with van der Waals surface area (Å²) in [5, 5.41) is 0. The quantitative estimate of drug-likeness (QED) is 0.481. The van der Waals surface area contributed by atoms with Gasteiger partial charge in [0, 0.05) is 0 Å². The highest BCUT2D eigenvalue weighted by Gasteiger charge is 2.24. The molecule has 0 aromatic carbocycles. The van der Waals surface area contributed by atoms with Gasteiger partial charge in [0.25, 0.3) is 0 Å². The highest BCUT2D eigenvalue weighted by Crippen LogP contribution is 2.38. The van der Waals surface area contributed by atoms with E-state index in [0.717, 1.165) is 5.92 Å². The Labute approximate surface area is 49.9 Å². The molecule has 8 heavy (non-hydrogen) atoms. The molecule has 2 aliphatic rings. The van der Waals surface area contributed by atoms with Gasteiger partial charge in [-0.15, -0.1) is 0 Å². The second kappa shape index (κ2) is 1.48. The van der Waals surface area contributed by atoms with E-state index in [9.17, 15) is 0 Å². The minimum Gasteiger partial charge on any atom is -0.0805 e. The number of allylic oxidation sites excluding steroid dienone is 4. The van der Waals surface area contributed by atoms with Gasteiger partial charge in [-0.3, -0.25) is 0 Å². The topological polar surface area (TPSA) is 0 Å². The van der Waals surface area contributed by atoms with Crippen LogP contribution in [0.25, 0.3) is 0 Å². The van der Waals surface area contributed by atoms with Gasteiger partial charge in [0.1, 0.15) is 0 Å². The predicted octanol–water partition coefficient (Wildman–Crippen LogP) is 2.28. The third kappa shape index (κ3) is 0.605. The number of hydrogen-bond acceptors (Lipinski definition) is 0. The lowest BCUT2D eigenvalue weighted by atomic mass is 10.2. The van der Waals surface area contributed by atoms with Crippen LogP contribution >= 0.6 is 0 Å². The summed E-state index contributed by atoms with van der Waals surface area (Å²) >= 11 is 0. The van der Waals surface area contributed by atoms with Gasteiger partial charge in [-0.25, -0.2) is 0 Å². The molecule has 1 saturated carbocycles. The van der Waals surface area contributed by atoms with E-state index < -0.39 is 0 Å². The highest BCUT2D eigenvalue weighted by atomic mass is 14.3. The Kier molecular flexibility index (Phi) is 0.806. The zero-order valence-electron chi connectivity index (χ0n) is 4.93. The summed E-state index contributed by atoms with van der Waals surface area (Å²) in [7, 11) is 0. The number of rotatable bonds is 1. The average Bonchev–Trinajstić information content (AvgIpc) is 2.49. The molecule has 0 N–H and O–H groups in total. The molecule has 2 aliphatic carbocycles. The average molecular weight is 106 g/mol. The van der Waals surface area contributed by atoms with Crippen LogP contribution in [0.15, 0.2) is 23.8 Å². The van der Waals surface area contributed by atoms with Crippen LogP contribution in [0.2, 0.25) is 0 Å². The first kappa shape index (κ1) is 4.37. The zero-order chi connectivity index (χ0) is 5.40. The summed E-state index contributed by atoms with van der Waals surface area (Å²) in [5.74, 6) is 0.966. The van der Waals surface area contributed by atoms with Crippen molar-refractivity contribution in [2.45, 2.75) is 19.3 Å². The van der Waals surface area contributed by atoms with Crippen LogP contribution in [0.4, 0.5) is 0 Å². The van der Waals surface area contributed by atoms with Crippen molar-refractivity contribution in [1.82, 2.24) is 0 Å². The lowest BCUT2D eigenvalue weighted by Crippen LogP contribution is -1.73. The highest BCUT2D eigenvalue weighted by molar-refractivity contribution is 5.30. The first-order chi connectivity index (χ1) is 3.97. The van der Waals surface area contributed by atoms with Crippen LogP contribution < -0.4 is 0 Å². The molecule has 0 spiro atoms. The van der Waals surface area contributed by atoms with Gasteiger partial charge in [0.05, 0.1) is 0 Å². The lowest BCUT2D eigenvalue weighted by Gasteiger charge is -1.87. The van der Waals surface area contributed by atoms with Crippen LogP contribution in [0.3, 0.4) is 0 Å². The molecule has 0 unspecified atom stereocenters. The van der Waals surface area contributed by atoms with Crippen molar-refractivity contribution in [2.75, 3.05) is 0 Å². The van der Waals surface area contributed by atoms with E-state index >= 15 is 0 Å². The molecule has 0 heteroatoms. The fourth-order valence-electron chi connectivity index (χ4n) is 1.20. The van der Waals surface area contributed by atoms with E-state index in [1.165, 1.54) is 19.3 Å². The van der Waals surface area contributed by atoms with Gasteiger partial charge in [-0.1, -0.05) is 18.2 Å². The second-order valence-corrected chi connectivity index (χ2v) is 2.62. The van der Waals surface area contributed by atoms with Gasteiger partial charge in [-0.05, 0) is 30.8 Å². The van der Waals surface area contributed by atoms with E-state index in [-0.39, 0.29) is 0 Å². The fraction of sp³-hybridized carbons (Fsp3) is 0.500. The van der Waals surface area contributed by atoms with Crippen molar-refractivity contribution in [2.24, 2.45) is 5.92 Å². The van der Waals surface area contributed by atoms with Crippen LogP contribution in [0.1, 0.15) is 19.3 Å². The Hall–Kier alpha value is -0.520. The van der Waals surface area contributed by atoms with Crippen molar-refractivity contribution in [1.29, 1.82) is 0 Å². The maximum absolute atomic E-state index is 2.34. The molecule has 0 radical (unpaired) electrons. The maximum Gasteiger partial charge on any atom is -0.0160 e. The van der Waals surface area contributed by atoms with E-state index in [1.54, 1.807) is 5.57 Å². The molecule has 0 atom stereocenters. The van der Waals surface area contributed by atoms with Crippen LogP contribution in [0, 0.1) is 5.92 Å². The van der Waals surface area contributed by atoms with E-state index in [4.69, 9.17) is 0 Å². The zero-order valence-corrected chi connectivity index (χ0v) is 4.93. The molecule has 0 saturated heterocycles. The van der Waals surface area contributed by atoms with Crippen molar-refractivity contribution in [3.63, 3.8) is 0 Å². The van der Waals surface area contributed by atoms with Gasteiger partial charge in [0.15, 0.2) is 0 Å². The van der Waals surface area contributed by atoms with Crippen LogP contribution in [-0.4, -0.2) is 0 Å². The third-order valence-electron chi connectivity index (χ3n) is 1.85. The second-order valence-electron chi connectivity index (χ2n) is 2.62. The number of hydrogen-bond donors (Lipinski definition) is 0. The molecule has 1 fully saturated rings. The Morgan fingerprint density at radius 2 is 2.25 bits per heavy atom. The van der Waals surface area contributed by atoms with Crippen molar-refractivity contribution < 1.29 is 0 Å². The predicted molar refractivity (Wildman–Crippen MR) is 34.6 cm³/mol. The summed E-state index contributed by atoms with van der Waals surface area (Å²) in [6.07, 6.45) is 10.9. The van der Waals surface area contributed by atoms with Gasteiger partial charge < -0.3 is 0 Å². The maximum atomic E-state index is 2.34. The Morgan fingerprint density at radius 3 is 2.75 bits per heavy atom. The molecular weight excluding hydrogens is 96.1 g/mol. The first-order valence-electron chi connectivity index (χ1n) is 3.33. The molecule has 0 nitrogen and oxygen atoms in total. The van der Waals surface area contributed by atoms with Crippen molar-refractivity contribution >= 4 is 0 Å². The van der Waals surface area contributed by atoms with Gasteiger partial charge in [-0.2, -0.15) is 0 Å². The van der Waals surface area contributed by atoms with Crippen LogP contribution in [-0.2, 0) is 0 Å². The molecule has 0 aromatic heterocycles. The smallest absolute Gasteiger partial charge is 0.0160 e. The molecule has 0 aromatic rings. The molecule has 0 bridgehead atoms. The van der Waals surface area contributed by atoms with Gasteiger partial charge in [0.2, 0.25) is 0 Å². The molecule has 0 amide bonds. The normalized spacial score (nSPS) is 26.2. The summed E-state index contributed by atoms with van der Waals surface area (Å²) in [6, 6.07) is 0. The summed E-state index contributed by atoms with van der Waals surface area (Å²) in [4.78, 5) is 0. The van der Waals surface area contributed by atoms with Crippen LogP contribution in [0.5, 0.6) is 0 Å². The fourth-order valence-corrected chi connectivity index (χ4v) is 1.20. The standard InChI is InChI=1S/C8H10/c1-2-4-7(3-1)8-5-6-8/h1,3-4,8H,2,5-6H2. The minimum atomic E-state index is 0.966. The summed E-state index contributed by atoms with van der Waals surface area (Å²) < 4.78 is 0. The monoisotopic (exact) mass is 106 g/mol. The van der Waals surface area contributed by atoms with E-state index in [0.29, 0.717) is 0 Å². The molecular formula is C8H10. The summed E-state index contributed by atoms with van der Waals surface area (Å²) in [6.45, 7) is 0. The molecule has 0 aliphatic heterocycles. The SMILES string of the molecule is C1=CC(C2CC2)=CC1. The molecule has 0 heterocycles.